The first kappa shape index (κ1) is 12.5. The smallest absolute Gasteiger partial charge is 0.0590 e. The van der Waals surface area contributed by atoms with Crippen LogP contribution in [-0.4, -0.2) is 25.8 Å². The number of unbranched alkanes of at least 4 members (excludes halogenated alkanes) is 1. The van der Waals surface area contributed by atoms with E-state index in [1.807, 2.05) is 7.05 Å². The van der Waals surface area contributed by atoms with Gasteiger partial charge in [0.25, 0.3) is 0 Å². The van der Waals surface area contributed by atoms with Crippen LogP contribution in [0, 0.1) is 12.3 Å². The van der Waals surface area contributed by atoms with Crippen LogP contribution in [0.3, 0.4) is 0 Å². The summed E-state index contributed by atoms with van der Waals surface area (Å²) in [5.41, 5.74) is 0. The molecule has 0 bridgehead atoms. The lowest BCUT2D eigenvalue weighted by molar-refractivity contribution is 0.00508. The number of ether oxygens (including phenoxy) is 1. The van der Waals surface area contributed by atoms with Crippen molar-refractivity contribution in [3.8, 4) is 12.3 Å². The minimum Gasteiger partial charge on any atom is -0.378 e. The highest BCUT2D eigenvalue weighted by atomic mass is 16.5. The maximum absolute atomic E-state index is 5.74. The normalized spacial score (nSPS) is 23.3. The van der Waals surface area contributed by atoms with Crippen LogP contribution in [0.1, 0.15) is 44.9 Å². The number of rotatable bonds is 6. The zero-order chi connectivity index (χ0) is 10.9. The van der Waals surface area contributed by atoms with Crippen LogP contribution in [0.25, 0.3) is 0 Å². The Morgan fingerprint density at radius 2 is 2.40 bits per heavy atom. The molecule has 0 amide bonds. The molecule has 0 aromatic heterocycles. The van der Waals surface area contributed by atoms with Crippen LogP contribution in [-0.2, 0) is 4.74 Å². The van der Waals surface area contributed by atoms with Crippen LogP contribution in [0.4, 0.5) is 0 Å². The van der Waals surface area contributed by atoms with Crippen LogP contribution in [0.5, 0.6) is 0 Å². The highest BCUT2D eigenvalue weighted by Crippen LogP contribution is 2.18. The Hall–Kier alpha value is -0.520. The van der Waals surface area contributed by atoms with Gasteiger partial charge < -0.3 is 10.1 Å². The van der Waals surface area contributed by atoms with Gasteiger partial charge in [-0.3, -0.25) is 0 Å². The molecule has 1 N–H and O–H groups in total. The Balaban J connectivity index is 2.17. The molecule has 2 unspecified atom stereocenters. The third kappa shape index (κ3) is 5.20. The molecule has 15 heavy (non-hydrogen) atoms. The van der Waals surface area contributed by atoms with Gasteiger partial charge in [-0.2, -0.15) is 0 Å². The summed E-state index contributed by atoms with van der Waals surface area (Å²) in [6, 6.07) is 0.571. The fourth-order valence-electron chi connectivity index (χ4n) is 2.14. The number of hydrogen-bond acceptors (Lipinski definition) is 2. The highest BCUT2D eigenvalue weighted by molar-refractivity contribution is 4.84. The molecule has 2 heteroatoms. The van der Waals surface area contributed by atoms with Gasteiger partial charge in [0.1, 0.15) is 0 Å². The molecule has 86 valence electrons. The lowest BCUT2D eigenvalue weighted by Gasteiger charge is -2.26. The molecular weight excluding hydrogens is 186 g/mol. The molecule has 2 atom stereocenters. The third-order valence-corrected chi connectivity index (χ3v) is 3.10. The van der Waals surface area contributed by atoms with Crippen LogP contribution in [0.2, 0.25) is 0 Å². The summed E-state index contributed by atoms with van der Waals surface area (Å²) in [6.45, 7) is 0.950. The van der Waals surface area contributed by atoms with Gasteiger partial charge in [0.15, 0.2) is 0 Å². The maximum Gasteiger partial charge on any atom is 0.0590 e. The average molecular weight is 209 g/mol. The van der Waals surface area contributed by atoms with Crippen LogP contribution in [0.15, 0.2) is 0 Å². The van der Waals surface area contributed by atoms with E-state index in [1.165, 1.54) is 25.7 Å². The van der Waals surface area contributed by atoms with E-state index in [2.05, 4.69) is 11.2 Å². The number of terminal acetylenes is 1. The van der Waals surface area contributed by atoms with Gasteiger partial charge in [0, 0.05) is 19.1 Å². The second-order valence-electron chi connectivity index (χ2n) is 4.31. The van der Waals surface area contributed by atoms with E-state index in [0.29, 0.717) is 12.1 Å². The zero-order valence-corrected chi connectivity index (χ0v) is 9.80. The lowest BCUT2D eigenvalue weighted by Crippen LogP contribution is -2.32. The molecule has 0 spiro atoms. The molecule has 1 saturated heterocycles. The van der Waals surface area contributed by atoms with Gasteiger partial charge in [-0.25, -0.2) is 0 Å². The van der Waals surface area contributed by atoms with Crippen LogP contribution < -0.4 is 5.32 Å². The fourth-order valence-corrected chi connectivity index (χ4v) is 2.14. The van der Waals surface area contributed by atoms with E-state index in [4.69, 9.17) is 11.2 Å². The van der Waals surface area contributed by atoms with E-state index < -0.39 is 0 Å². The molecule has 1 heterocycles. The molecule has 0 aliphatic carbocycles. The van der Waals surface area contributed by atoms with E-state index in [0.717, 1.165) is 25.9 Å². The quantitative estimate of drug-likeness (QED) is 0.535. The highest BCUT2D eigenvalue weighted by Gasteiger charge is 2.18. The Labute approximate surface area is 93.8 Å². The summed E-state index contributed by atoms with van der Waals surface area (Å²) in [7, 11) is 2.03. The number of hydrogen-bond donors (Lipinski definition) is 1. The molecule has 2 nitrogen and oxygen atoms in total. The average Bonchev–Trinajstić information content (AvgIpc) is 2.29. The Morgan fingerprint density at radius 1 is 1.53 bits per heavy atom. The SMILES string of the molecule is C#CCCCC(CC1CCCCO1)NC. The van der Waals surface area contributed by atoms with Gasteiger partial charge in [-0.1, -0.05) is 0 Å². The summed E-state index contributed by atoms with van der Waals surface area (Å²) in [5.74, 6) is 2.69. The minimum atomic E-state index is 0.474. The van der Waals surface area contributed by atoms with Crippen molar-refractivity contribution in [1.82, 2.24) is 5.32 Å². The summed E-state index contributed by atoms with van der Waals surface area (Å²) in [4.78, 5) is 0. The van der Waals surface area contributed by atoms with E-state index in [1.54, 1.807) is 0 Å². The van der Waals surface area contributed by atoms with Crippen LogP contribution >= 0.6 is 0 Å². The second-order valence-corrected chi connectivity index (χ2v) is 4.31. The van der Waals surface area contributed by atoms with Crippen molar-refractivity contribution in [3.05, 3.63) is 0 Å². The first-order valence-corrected chi connectivity index (χ1v) is 6.09. The molecule has 0 saturated carbocycles. The minimum absolute atomic E-state index is 0.474. The lowest BCUT2D eigenvalue weighted by atomic mass is 9.98. The van der Waals surface area contributed by atoms with Crippen molar-refractivity contribution in [2.75, 3.05) is 13.7 Å². The molecule has 1 aliphatic rings. The first-order valence-electron chi connectivity index (χ1n) is 6.09. The van der Waals surface area contributed by atoms with Crippen molar-refractivity contribution in [2.45, 2.75) is 57.1 Å². The van der Waals surface area contributed by atoms with E-state index in [-0.39, 0.29) is 0 Å². The van der Waals surface area contributed by atoms with Gasteiger partial charge in [0.2, 0.25) is 0 Å². The van der Waals surface area contributed by atoms with E-state index >= 15 is 0 Å². The maximum atomic E-state index is 5.74. The monoisotopic (exact) mass is 209 g/mol. The summed E-state index contributed by atoms with van der Waals surface area (Å²) >= 11 is 0. The van der Waals surface area contributed by atoms with Gasteiger partial charge >= 0.3 is 0 Å². The third-order valence-electron chi connectivity index (χ3n) is 3.10. The molecular formula is C13H23NO. The first-order chi connectivity index (χ1) is 7.36. The van der Waals surface area contributed by atoms with Gasteiger partial charge in [0.05, 0.1) is 6.10 Å². The molecule has 0 aromatic rings. The zero-order valence-electron chi connectivity index (χ0n) is 9.80. The van der Waals surface area contributed by atoms with Crippen molar-refractivity contribution >= 4 is 0 Å². The van der Waals surface area contributed by atoms with Crippen molar-refractivity contribution < 1.29 is 4.74 Å². The molecule has 1 aliphatic heterocycles. The molecule has 0 radical (unpaired) electrons. The van der Waals surface area contributed by atoms with Gasteiger partial charge in [-0.15, -0.1) is 12.3 Å². The fraction of sp³-hybridized carbons (Fsp3) is 0.846. The van der Waals surface area contributed by atoms with Gasteiger partial charge in [-0.05, 0) is 45.6 Å². The van der Waals surface area contributed by atoms with Crippen molar-refractivity contribution in [1.29, 1.82) is 0 Å². The topological polar surface area (TPSA) is 21.3 Å². The predicted octanol–water partition coefficient (Wildman–Crippen LogP) is 2.34. The molecule has 1 fully saturated rings. The largest absolute Gasteiger partial charge is 0.378 e. The van der Waals surface area contributed by atoms with Crippen molar-refractivity contribution in [3.63, 3.8) is 0 Å². The standard InChI is InChI=1S/C13H23NO/c1-3-4-5-8-12(14-2)11-13-9-6-7-10-15-13/h1,12-14H,4-11H2,2H3. The van der Waals surface area contributed by atoms with Crippen molar-refractivity contribution in [2.24, 2.45) is 0 Å². The molecule has 1 rings (SSSR count). The second kappa shape index (κ2) is 7.73. The summed E-state index contributed by atoms with van der Waals surface area (Å²) in [5, 5.41) is 3.36. The number of nitrogens with one attached hydrogen (secondary N) is 1. The Morgan fingerprint density at radius 3 is 3.00 bits per heavy atom. The Kier molecular flexibility index (Phi) is 6.47. The van der Waals surface area contributed by atoms with E-state index in [9.17, 15) is 0 Å². The Bertz CT molecular complexity index is 191. The predicted molar refractivity (Wildman–Crippen MR) is 63.7 cm³/mol. The molecule has 0 aromatic carbocycles. The summed E-state index contributed by atoms with van der Waals surface area (Å²) in [6.07, 6.45) is 13.8. The summed E-state index contributed by atoms with van der Waals surface area (Å²) < 4.78 is 5.74.